The Morgan fingerprint density at radius 1 is 1.23 bits per heavy atom. The van der Waals surface area contributed by atoms with E-state index < -0.39 is 0 Å². The summed E-state index contributed by atoms with van der Waals surface area (Å²) in [6.07, 6.45) is 3.95. The van der Waals surface area contributed by atoms with Gasteiger partial charge in [0.15, 0.2) is 0 Å². The maximum Gasteiger partial charge on any atom is 0.144 e. The molecule has 0 atom stereocenters. The molecule has 0 aliphatic heterocycles. The number of rotatable bonds is 3. The SMILES string of the molecule is CN(/C=C/C=O)c1ccccc1.Cl. The van der Waals surface area contributed by atoms with E-state index in [0.29, 0.717) is 0 Å². The first kappa shape index (κ1) is 11.7. The Morgan fingerprint density at radius 3 is 2.38 bits per heavy atom. The summed E-state index contributed by atoms with van der Waals surface area (Å²) in [5.41, 5.74) is 1.07. The van der Waals surface area contributed by atoms with Crippen molar-refractivity contribution in [1.82, 2.24) is 0 Å². The van der Waals surface area contributed by atoms with Gasteiger partial charge in [-0.1, -0.05) is 18.2 Å². The average molecular weight is 198 g/mol. The number of allylic oxidation sites excluding steroid dienone is 1. The van der Waals surface area contributed by atoms with E-state index in [0.717, 1.165) is 12.0 Å². The van der Waals surface area contributed by atoms with Crippen LogP contribution in [0.15, 0.2) is 42.6 Å². The minimum Gasteiger partial charge on any atom is -0.351 e. The lowest BCUT2D eigenvalue weighted by Gasteiger charge is -2.12. The van der Waals surface area contributed by atoms with Crippen LogP contribution in [0.3, 0.4) is 0 Å². The standard InChI is InChI=1S/C10H11NO.ClH/c1-11(8-5-9-12)10-6-3-2-4-7-10;/h2-9H,1H3;1H/b8-5+;. The highest BCUT2D eigenvalue weighted by molar-refractivity contribution is 5.85. The summed E-state index contributed by atoms with van der Waals surface area (Å²) in [6, 6.07) is 9.84. The van der Waals surface area contributed by atoms with Gasteiger partial charge in [-0.3, -0.25) is 4.79 Å². The largest absolute Gasteiger partial charge is 0.351 e. The van der Waals surface area contributed by atoms with Crippen molar-refractivity contribution in [2.75, 3.05) is 11.9 Å². The normalized spacial score (nSPS) is 9.31. The van der Waals surface area contributed by atoms with Crippen LogP contribution in [0.5, 0.6) is 0 Å². The minimum atomic E-state index is 0. The lowest BCUT2D eigenvalue weighted by Crippen LogP contribution is -2.07. The molecule has 0 N–H and O–H groups in total. The maximum absolute atomic E-state index is 10.0. The van der Waals surface area contributed by atoms with Crippen LogP contribution in [0.1, 0.15) is 0 Å². The molecule has 3 heteroatoms. The molecule has 0 aliphatic carbocycles. The summed E-state index contributed by atoms with van der Waals surface area (Å²) in [6.45, 7) is 0. The molecule has 0 saturated carbocycles. The lowest BCUT2D eigenvalue weighted by atomic mass is 10.3. The fourth-order valence-electron chi connectivity index (χ4n) is 0.913. The van der Waals surface area contributed by atoms with Gasteiger partial charge in [0.1, 0.15) is 6.29 Å². The van der Waals surface area contributed by atoms with Crippen molar-refractivity contribution in [3.8, 4) is 0 Å². The molecule has 13 heavy (non-hydrogen) atoms. The van der Waals surface area contributed by atoms with Gasteiger partial charge in [-0.05, 0) is 18.2 Å². The van der Waals surface area contributed by atoms with E-state index in [1.54, 1.807) is 6.20 Å². The highest BCUT2D eigenvalue weighted by Crippen LogP contribution is 2.10. The third kappa shape index (κ3) is 3.76. The molecule has 1 aromatic carbocycles. The molecule has 0 radical (unpaired) electrons. The van der Waals surface area contributed by atoms with Gasteiger partial charge in [-0.25, -0.2) is 0 Å². The Labute approximate surface area is 84.3 Å². The van der Waals surface area contributed by atoms with Crippen LogP contribution < -0.4 is 4.90 Å². The van der Waals surface area contributed by atoms with E-state index in [-0.39, 0.29) is 12.4 Å². The van der Waals surface area contributed by atoms with Crippen molar-refractivity contribution in [1.29, 1.82) is 0 Å². The molecule has 1 aromatic rings. The number of anilines is 1. The Balaban J connectivity index is 0.00000144. The number of carbonyl (C=O) groups excluding carboxylic acids is 1. The number of aldehydes is 1. The number of hydrogen-bond donors (Lipinski definition) is 0. The molecule has 0 heterocycles. The number of carbonyl (C=O) groups is 1. The molecule has 0 bridgehead atoms. The molecule has 1 rings (SSSR count). The van der Waals surface area contributed by atoms with E-state index in [1.165, 1.54) is 6.08 Å². The number of hydrogen-bond acceptors (Lipinski definition) is 2. The summed E-state index contributed by atoms with van der Waals surface area (Å²) in [4.78, 5) is 11.9. The first-order valence-electron chi connectivity index (χ1n) is 3.74. The van der Waals surface area contributed by atoms with Crippen LogP contribution in [0.4, 0.5) is 5.69 Å². The maximum atomic E-state index is 10.0. The topological polar surface area (TPSA) is 20.3 Å². The summed E-state index contributed by atoms with van der Waals surface area (Å²) >= 11 is 0. The zero-order valence-corrected chi connectivity index (χ0v) is 8.20. The van der Waals surface area contributed by atoms with Crippen LogP contribution in [0.25, 0.3) is 0 Å². The summed E-state index contributed by atoms with van der Waals surface area (Å²) in [5, 5.41) is 0. The van der Waals surface area contributed by atoms with Crippen molar-refractivity contribution in [2.24, 2.45) is 0 Å². The molecule has 0 fully saturated rings. The van der Waals surface area contributed by atoms with Crippen molar-refractivity contribution in [3.63, 3.8) is 0 Å². The lowest BCUT2D eigenvalue weighted by molar-refractivity contribution is -0.104. The fraction of sp³-hybridized carbons (Fsp3) is 0.100. The number of halogens is 1. The van der Waals surface area contributed by atoms with Gasteiger partial charge in [0.2, 0.25) is 0 Å². The molecule has 70 valence electrons. The van der Waals surface area contributed by atoms with Gasteiger partial charge < -0.3 is 4.90 Å². The van der Waals surface area contributed by atoms with E-state index >= 15 is 0 Å². The molecule has 0 spiro atoms. The molecule has 2 nitrogen and oxygen atoms in total. The first-order valence-corrected chi connectivity index (χ1v) is 3.74. The molecule has 0 aliphatic rings. The second-order valence-corrected chi connectivity index (χ2v) is 2.42. The van der Waals surface area contributed by atoms with E-state index in [2.05, 4.69) is 0 Å². The Kier molecular flexibility index (Phi) is 5.64. The van der Waals surface area contributed by atoms with E-state index in [4.69, 9.17) is 0 Å². The fourth-order valence-corrected chi connectivity index (χ4v) is 0.913. The predicted molar refractivity (Wildman–Crippen MR) is 57.3 cm³/mol. The van der Waals surface area contributed by atoms with Gasteiger partial charge in [0.05, 0.1) is 0 Å². The number of nitrogens with zero attached hydrogens (tertiary/aromatic N) is 1. The van der Waals surface area contributed by atoms with Crippen LogP contribution in [0, 0.1) is 0 Å². The second-order valence-electron chi connectivity index (χ2n) is 2.42. The zero-order valence-electron chi connectivity index (χ0n) is 7.38. The molecule has 0 unspecified atom stereocenters. The summed E-state index contributed by atoms with van der Waals surface area (Å²) in [5.74, 6) is 0. The molecule has 0 aromatic heterocycles. The third-order valence-electron chi connectivity index (χ3n) is 1.55. The quantitative estimate of drug-likeness (QED) is 0.547. The smallest absolute Gasteiger partial charge is 0.144 e. The van der Waals surface area contributed by atoms with Crippen LogP contribution in [0.2, 0.25) is 0 Å². The molecule has 0 saturated heterocycles. The highest BCUT2D eigenvalue weighted by Gasteiger charge is 1.91. The Hall–Kier alpha value is -1.28. The van der Waals surface area contributed by atoms with Crippen LogP contribution >= 0.6 is 12.4 Å². The predicted octanol–water partition coefficient (Wildman–Crippen LogP) is 2.26. The first-order chi connectivity index (χ1) is 5.84. The van der Waals surface area contributed by atoms with Gasteiger partial charge in [0.25, 0.3) is 0 Å². The second kappa shape index (κ2) is 6.26. The van der Waals surface area contributed by atoms with Crippen molar-refractivity contribution in [2.45, 2.75) is 0 Å². The number of benzene rings is 1. The third-order valence-corrected chi connectivity index (χ3v) is 1.55. The van der Waals surface area contributed by atoms with Crippen molar-refractivity contribution in [3.05, 3.63) is 42.6 Å². The average Bonchev–Trinajstić information content (AvgIpc) is 2.15. The Bertz CT molecular complexity index is 272. The van der Waals surface area contributed by atoms with Gasteiger partial charge in [-0.15, -0.1) is 12.4 Å². The van der Waals surface area contributed by atoms with Gasteiger partial charge >= 0.3 is 0 Å². The Morgan fingerprint density at radius 2 is 1.85 bits per heavy atom. The van der Waals surface area contributed by atoms with Crippen molar-refractivity contribution < 1.29 is 4.79 Å². The molecule has 0 amide bonds. The van der Waals surface area contributed by atoms with Gasteiger partial charge in [-0.2, -0.15) is 0 Å². The van der Waals surface area contributed by atoms with E-state index in [9.17, 15) is 4.79 Å². The minimum absolute atomic E-state index is 0. The van der Waals surface area contributed by atoms with Gasteiger partial charge in [0, 0.05) is 18.9 Å². The van der Waals surface area contributed by atoms with E-state index in [1.807, 2.05) is 42.3 Å². The highest BCUT2D eigenvalue weighted by atomic mass is 35.5. The zero-order chi connectivity index (χ0) is 8.81. The monoisotopic (exact) mass is 197 g/mol. The summed E-state index contributed by atoms with van der Waals surface area (Å²) in [7, 11) is 1.90. The van der Waals surface area contributed by atoms with Crippen LogP contribution in [-0.2, 0) is 4.79 Å². The van der Waals surface area contributed by atoms with Crippen molar-refractivity contribution >= 4 is 24.4 Å². The molecular weight excluding hydrogens is 186 g/mol. The number of para-hydroxylation sites is 1. The summed E-state index contributed by atoms with van der Waals surface area (Å²) < 4.78 is 0. The molecular formula is C10H12ClNO. The van der Waals surface area contributed by atoms with Crippen LogP contribution in [-0.4, -0.2) is 13.3 Å².